The van der Waals surface area contributed by atoms with Crippen molar-refractivity contribution in [3.8, 4) is 0 Å². The van der Waals surface area contributed by atoms with Gasteiger partial charge in [-0.3, -0.25) is 4.79 Å². The summed E-state index contributed by atoms with van der Waals surface area (Å²) >= 11 is 0. The van der Waals surface area contributed by atoms with Crippen LogP contribution < -0.4 is 5.32 Å². The highest BCUT2D eigenvalue weighted by Crippen LogP contribution is 2.03. The van der Waals surface area contributed by atoms with Crippen LogP contribution in [0.1, 0.15) is 34.6 Å². The Morgan fingerprint density at radius 3 is 2.00 bits per heavy atom. The van der Waals surface area contributed by atoms with Gasteiger partial charge in [0.25, 0.3) is 0 Å². The van der Waals surface area contributed by atoms with E-state index in [1.165, 1.54) is 13.8 Å². The summed E-state index contributed by atoms with van der Waals surface area (Å²) in [7, 11) is 0. The van der Waals surface area contributed by atoms with Crippen molar-refractivity contribution in [2.24, 2.45) is 0 Å². The van der Waals surface area contributed by atoms with E-state index in [0.717, 1.165) is 0 Å². The molecule has 0 spiro atoms. The number of nitrogens with one attached hydrogen (secondary N) is 1. The van der Waals surface area contributed by atoms with Crippen LogP contribution >= 0.6 is 0 Å². The molecule has 0 aromatic rings. The zero-order valence-corrected chi connectivity index (χ0v) is 9.83. The second kappa shape index (κ2) is 5.11. The lowest BCUT2D eigenvalue weighted by Gasteiger charge is -2.24. The molecule has 5 nitrogen and oxygen atoms in total. The van der Waals surface area contributed by atoms with Crippen LogP contribution in [0.5, 0.6) is 0 Å². The average Bonchev–Trinajstić information content (AvgIpc) is 2.00. The number of hydrogen-bond donors (Lipinski definition) is 2. The van der Waals surface area contributed by atoms with Gasteiger partial charge in [0.1, 0.15) is 6.10 Å². The summed E-state index contributed by atoms with van der Waals surface area (Å²) < 4.78 is 5.01. The molecular weight excluding hydrogens is 198 g/mol. The van der Waals surface area contributed by atoms with Crippen LogP contribution in [0.25, 0.3) is 0 Å². The minimum Gasteiger partial charge on any atom is -0.479 e. The number of carboxylic acids is 1. The van der Waals surface area contributed by atoms with Crippen LogP contribution in [0.15, 0.2) is 0 Å². The molecule has 0 fully saturated rings. The number of rotatable bonds is 4. The third-order valence-electron chi connectivity index (χ3n) is 1.62. The maximum Gasteiger partial charge on any atom is 0.332 e. The van der Waals surface area contributed by atoms with Crippen LogP contribution in [0.4, 0.5) is 0 Å². The molecule has 0 radical (unpaired) electrons. The Morgan fingerprint density at radius 2 is 1.67 bits per heavy atom. The fourth-order valence-corrected chi connectivity index (χ4v) is 0.897. The van der Waals surface area contributed by atoms with Gasteiger partial charge in [0.2, 0.25) is 5.91 Å². The number of amides is 1. The summed E-state index contributed by atoms with van der Waals surface area (Å²) in [5.41, 5.74) is -0.346. The number of ether oxygens (including phenoxy) is 1. The van der Waals surface area contributed by atoms with E-state index < -0.39 is 18.2 Å². The van der Waals surface area contributed by atoms with Gasteiger partial charge in [0, 0.05) is 5.54 Å². The molecule has 0 heterocycles. The van der Waals surface area contributed by atoms with Crippen molar-refractivity contribution in [3.05, 3.63) is 0 Å². The van der Waals surface area contributed by atoms with E-state index >= 15 is 0 Å². The van der Waals surface area contributed by atoms with Crippen LogP contribution in [-0.2, 0) is 14.3 Å². The van der Waals surface area contributed by atoms with E-state index in [9.17, 15) is 9.59 Å². The van der Waals surface area contributed by atoms with Gasteiger partial charge < -0.3 is 15.2 Å². The molecule has 0 bridgehead atoms. The first-order chi connectivity index (χ1) is 6.63. The summed E-state index contributed by atoms with van der Waals surface area (Å²) in [6.07, 6.45) is -1.75. The van der Waals surface area contributed by atoms with Crippen molar-refractivity contribution in [3.63, 3.8) is 0 Å². The SMILES string of the molecule is CC(O[C@@H](C)C(=O)O)C(=O)NC(C)(C)C. The van der Waals surface area contributed by atoms with Crippen molar-refractivity contribution in [2.75, 3.05) is 0 Å². The van der Waals surface area contributed by atoms with Crippen LogP contribution in [0.3, 0.4) is 0 Å². The van der Waals surface area contributed by atoms with Crippen molar-refractivity contribution in [2.45, 2.75) is 52.4 Å². The van der Waals surface area contributed by atoms with E-state index in [-0.39, 0.29) is 11.4 Å². The topological polar surface area (TPSA) is 75.6 Å². The highest BCUT2D eigenvalue weighted by atomic mass is 16.5. The van der Waals surface area contributed by atoms with E-state index in [1.54, 1.807) is 0 Å². The normalized spacial score (nSPS) is 15.5. The van der Waals surface area contributed by atoms with Crippen LogP contribution in [0, 0.1) is 0 Å². The molecule has 2 N–H and O–H groups in total. The number of carbonyl (C=O) groups is 2. The summed E-state index contributed by atoms with van der Waals surface area (Å²) in [5.74, 6) is -1.39. The Morgan fingerprint density at radius 1 is 1.20 bits per heavy atom. The van der Waals surface area contributed by atoms with Crippen molar-refractivity contribution >= 4 is 11.9 Å². The Balaban J connectivity index is 4.17. The zero-order chi connectivity index (χ0) is 12.2. The minimum atomic E-state index is -1.08. The predicted octanol–water partition coefficient (Wildman–Crippen LogP) is 0.779. The van der Waals surface area contributed by atoms with Gasteiger partial charge in [0.05, 0.1) is 0 Å². The fourth-order valence-electron chi connectivity index (χ4n) is 0.897. The monoisotopic (exact) mass is 217 g/mol. The summed E-state index contributed by atoms with van der Waals surface area (Å²) in [4.78, 5) is 22.0. The predicted molar refractivity (Wildman–Crippen MR) is 55.5 cm³/mol. The second-order valence-corrected chi connectivity index (χ2v) is 4.50. The van der Waals surface area contributed by atoms with E-state index in [2.05, 4.69) is 5.32 Å². The number of carboxylic acid groups (broad SMARTS) is 1. The van der Waals surface area contributed by atoms with Crippen molar-refractivity contribution < 1.29 is 19.4 Å². The first-order valence-electron chi connectivity index (χ1n) is 4.84. The van der Waals surface area contributed by atoms with Gasteiger partial charge >= 0.3 is 5.97 Å². The Hall–Kier alpha value is -1.10. The van der Waals surface area contributed by atoms with Crippen molar-refractivity contribution in [1.29, 1.82) is 0 Å². The molecule has 2 atom stereocenters. The van der Waals surface area contributed by atoms with Crippen molar-refractivity contribution in [1.82, 2.24) is 5.32 Å². The second-order valence-electron chi connectivity index (χ2n) is 4.50. The lowest BCUT2D eigenvalue weighted by molar-refractivity contribution is -0.156. The molecule has 0 saturated carbocycles. The summed E-state index contributed by atoms with van der Waals surface area (Å²) in [6, 6.07) is 0. The molecule has 5 heteroatoms. The molecule has 0 aliphatic rings. The fraction of sp³-hybridized carbons (Fsp3) is 0.800. The zero-order valence-electron chi connectivity index (χ0n) is 9.83. The maximum atomic E-state index is 11.5. The third kappa shape index (κ3) is 6.06. The van der Waals surface area contributed by atoms with Crippen LogP contribution in [-0.4, -0.2) is 34.7 Å². The molecule has 88 valence electrons. The third-order valence-corrected chi connectivity index (χ3v) is 1.62. The van der Waals surface area contributed by atoms with Gasteiger partial charge in [-0.1, -0.05) is 0 Å². The maximum absolute atomic E-state index is 11.5. The Labute approximate surface area is 89.8 Å². The molecule has 0 aliphatic carbocycles. The number of carbonyl (C=O) groups excluding carboxylic acids is 1. The molecule has 15 heavy (non-hydrogen) atoms. The highest BCUT2D eigenvalue weighted by Gasteiger charge is 2.23. The molecule has 0 aromatic carbocycles. The lowest BCUT2D eigenvalue weighted by Crippen LogP contribution is -2.46. The Kier molecular flexibility index (Phi) is 4.74. The smallest absolute Gasteiger partial charge is 0.332 e. The molecule has 0 aromatic heterocycles. The highest BCUT2D eigenvalue weighted by molar-refractivity contribution is 5.81. The summed E-state index contributed by atoms with van der Waals surface area (Å²) in [6.45, 7) is 8.46. The van der Waals surface area contributed by atoms with Gasteiger partial charge in [-0.05, 0) is 34.6 Å². The Bertz CT molecular complexity index is 244. The number of aliphatic carboxylic acids is 1. The molecule has 1 unspecified atom stereocenters. The molecule has 1 amide bonds. The minimum absolute atomic E-state index is 0.310. The first-order valence-corrected chi connectivity index (χ1v) is 4.84. The van der Waals surface area contributed by atoms with E-state index in [4.69, 9.17) is 9.84 Å². The van der Waals surface area contributed by atoms with Crippen LogP contribution in [0.2, 0.25) is 0 Å². The molecular formula is C10H19NO4. The van der Waals surface area contributed by atoms with E-state index in [1.807, 2.05) is 20.8 Å². The van der Waals surface area contributed by atoms with Gasteiger partial charge in [-0.25, -0.2) is 4.79 Å². The summed E-state index contributed by atoms with van der Waals surface area (Å²) in [5, 5.41) is 11.3. The quantitative estimate of drug-likeness (QED) is 0.729. The van der Waals surface area contributed by atoms with Gasteiger partial charge in [-0.2, -0.15) is 0 Å². The number of hydrogen-bond acceptors (Lipinski definition) is 3. The lowest BCUT2D eigenvalue weighted by atomic mass is 10.1. The van der Waals surface area contributed by atoms with E-state index in [0.29, 0.717) is 0 Å². The molecule has 0 saturated heterocycles. The largest absolute Gasteiger partial charge is 0.479 e. The van der Waals surface area contributed by atoms with Gasteiger partial charge in [-0.15, -0.1) is 0 Å². The van der Waals surface area contributed by atoms with Gasteiger partial charge in [0.15, 0.2) is 6.10 Å². The average molecular weight is 217 g/mol. The standard InChI is InChI=1S/C10H19NO4/c1-6(15-7(2)9(13)14)8(12)11-10(3,4)5/h6-7H,1-5H3,(H,11,12)(H,13,14)/t6?,7-/m0/s1. The molecule has 0 rings (SSSR count). The molecule has 0 aliphatic heterocycles. The first kappa shape index (κ1) is 13.9.